The summed E-state index contributed by atoms with van der Waals surface area (Å²) in [4.78, 5) is 12.9. The minimum absolute atomic E-state index is 0.167. The molecule has 0 saturated heterocycles. The molecule has 1 aromatic rings. The summed E-state index contributed by atoms with van der Waals surface area (Å²) in [6.45, 7) is 1.50. The van der Waals surface area contributed by atoms with Gasteiger partial charge in [0.15, 0.2) is 0 Å². The van der Waals surface area contributed by atoms with Crippen LogP contribution in [0.1, 0.15) is 18.7 Å². The van der Waals surface area contributed by atoms with Crippen LogP contribution in [0.2, 0.25) is 0 Å². The molecule has 0 saturated carbocycles. The molecule has 0 aliphatic rings. The molecule has 1 rings (SSSR count). The van der Waals surface area contributed by atoms with Crippen molar-refractivity contribution >= 4 is 5.91 Å². The predicted octanol–water partition coefficient (Wildman–Crippen LogP) is -0.227. The molecule has 0 bridgehead atoms. The lowest BCUT2D eigenvalue weighted by molar-refractivity contribution is -0.128. The fraction of sp³-hybridized carbons (Fsp3) is 0.700. The molecule has 0 fully saturated rings. The largest absolute Gasteiger partial charge is 0.349 e. The van der Waals surface area contributed by atoms with E-state index in [2.05, 4.69) is 15.5 Å². The molecule has 0 aromatic carbocycles. The first-order valence-corrected chi connectivity index (χ1v) is 5.35. The molecule has 1 N–H and O–H groups in total. The number of nitrogens with one attached hydrogen (secondary N) is 1. The summed E-state index contributed by atoms with van der Waals surface area (Å²) < 4.78 is 1.87. The summed E-state index contributed by atoms with van der Waals surface area (Å²) in [5.41, 5.74) is 0. The van der Waals surface area contributed by atoms with Gasteiger partial charge in [-0.2, -0.15) is 0 Å². The Morgan fingerprint density at radius 1 is 1.56 bits per heavy atom. The normalized spacial score (nSPS) is 10.4. The van der Waals surface area contributed by atoms with Gasteiger partial charge in [-0.15, -0.1) is 10.2 Å². The number of rotatable bonds is 6. The standard InChI is InChI=1S/C10H19N5O/c1-14(2)10(16)5-4-6-11-7-9-13-12-8-15(9)3/h8,11H,4-7H2,1-3H3. The van der Waals surface area contributed by atoms with Gasteiger partial charge in [0.05, 0.1) is 6.54 Å². The first-order chi connectivity index (χ1) is 7.61. The lowest BCUT2D eigenvalue weighted by Gasteiger charge is -2.09. The molecule has 6 heteroatoms. The van der Waals surface area contributed by atoms with Crippen molar-refractivity contribution in [2.75, 3.05) is 20.6 Å². The van der Waals surface area contributed by atoms with Gasteiger partial charge in [-0.1, -0.05) is 0 Å². The quantitative estimate of drug-likeness (QED) is 0.679. The third-order valence-electron chi connectivity index (χ3n) is 2.33. The molecule has 0 aliphatic heterocycles. The highest BCUT2D eigenvalue weighted by atomic mass is 16.2. The molecule has 0 unspecified atom stereocenters. The van der Waals surface area contributed by atoms with E-state index in [0.29, 0.717) is 13.0 Å². The van der Waals surface area contributed by atoms with Gasteiger partial charge in [-0.05, 0) is 13.0 Å². The van der Waals surface area contributed by atoms with Gasteiger partial charge in [0.2, 0.25) is 5.91 Å². The van der Waals surface area contributed by atoms with E-state index in [1.165, 1.54) is 0 Å². The second-order valence-electron chi connectivity index (χ2n) is 3.93. The number of hydrogen-bond acceptors (Lipinski definition) is 4. The summed E-state index contributed by atoms with van der Waals surface area (Å²) in [7, 11) is 5.46. The highest BCUT2D eigenvalue weighted by molar-refractivity contribution is 5.75. The van der Waals surface area contributed by atoms with E-state index in [1.54, 1.807) is 25.3 Å². The first kappa shape index (κ1) is 12.6. The zero-order valence-electron chi connectivity index (χ0n) is 10.1. The van der Waals surface area contributed by atoms with Crippen molar-refractivity contribution in [2.24, 2.45) is 7.05 Å². The molecule has 16 heavy (non-hydrogen) atoms. The van der Waals surface area contributed by atoms with Crippen molar-refractivity contribution in [3.05, 3.63) is 12.2 Å². The number of aromatic nitrogens is 3. The Labute approximate surface area is 95.6 Å². The summed E-state index contributed by atoms with van der Waals surface area (Å²) >= 11 is 0. The van der Waals surface area contributed by atoms with Gasteiger partial charge in [0, 0.05) is 27.6 Å². The molecule has 90 valence electrons. The molecule has 0 spiro atoms. The van der Waals surface area contributed by atoms with Crippen LogP contribution in [0, 0.1) is 0 Å². The third kappa shape index (κ3) is 3.98. The number of amides is 1. The number of hydrogen-bond donors (Lipinski definition) is 1. The zero-order valence-corrected chi connectivity index (χ0v) is 10.1. The Morgan fingerprint density at radius 3 is 2.88 bits per heavy atom. The van der Waals surface area contributed by atoms with E-state index in [1.807, 2.05) is 11.6 Å². The molecule has 0 radical (unpaired) electrons. The van der Waals surface area contributed by atoms with Crippen LogP contribution in [-0.4, -0.2) is 46.2 Å². The van der Waals surface area contributed by atoms with E-state index in [4.69, 9.17) is 0 Å². The fourth-order valence-electron chi connectivity index (χ4n) is 1.26. The number of carbonyl (C=O) groups excluding carboxylic acids is 1. The zero-order chi connectivity index (χ0) is 12.0. The van der Waals surface area contributed by atoms with Crippen LogP contribution in [0.25, 0.3) is 0 Å². The fourth-order valence-corrected chi connectivity index (χ4v) is 1.26. The second-order valence-corrected chi connectivity index (χ2v) is 3.93. The summed E-state index contributed by atoms with van der Waals surface area (Å²) in [5, 5.41) is 11.0. The minimum Gasteiger partial charge on any atom is -0.349 e. The van der Waals surface area contributed by atoms with Crippen LogP contribution in [0.3, 0.4) is 0 Å². The lowest BCUT2D eigenvalue weighted by atomic mass is 10.3. The van der Waals surface area contributed by atoms with Crippen LogP contribution in [-0.2, 0) is 18.4 Å². The minimum atomic E-state index is 0.167. The number of carbonyl (C=O) groups is 1. The van der Waals surface area contributed by atoms with Gasteiger partial charge in [0.1, 0.15) is 12.2 Å². The smallest absolute Gasteiger partial charge is 0.222 e. The van der Waals surface area contributed by atoms with Gasteiger partial charge in [0.25, 0.3) is 0 Å². The number of aryl methyl sites for hydroxylation is 1. The van der Waals surface area contributed by atoms with Crippen LogP contribution < -0.4 is 5.32 Å². The highest BCUT2D eigenvalue weighted by Crippen LogP contribution is 1.94. The number of nitrogens with zero attached hydrogens (tertiary/aromatic N) is 4. The van der Waals surface area contributed by atoms with Crippen LogP contribution in [0.4, 0.5) is 0 Å². The van der Waals surface area contributed by atoms with E-state index < -0.39 is 0 Å². The summed E-state index contributed by atoms with van der Waals surface area (Å²) in [6.07, 6.45) is 3.10. The van der Waals surface area contributed by atoms with E-state index in [-0.39, 0.29) is 5.91 Å². The van der Waals surface area contributed by atoms with E-state index in [0.717, 1.165) is 18.8 Å². The van der Waals surface area contributed by atoms with Crippen molar-refractivity contribution in [1.29, 1.82) is 0 Å². The predicted molar refractivity (Wildman–Crippen MR) is 60.6 cm³/mol. The third-order valence-corrected chi connectivity index (χ3v) is 2.33. The molecular weight excluding hydrogens is 206 g/mol. The average Bonchev–Trinajstić information content (AvgIpc) is 2.63. The Balaban J connectivity index is 2.09. The maximum absolute atomic E-state index is 11.3. The van der Waals surface area contributed by atoms with Gasteiger partial charge < -0.3 is 14.8 Å². The molecule has 0 atom stereocenters. The average molecular weight is 225 g/mol. The molecule has 6 nitrogen and oxygen atoms in total. The molecule has 1 heterocycles. The van der Waals surface area contributed by atoms with Crippen molar-refractivity contribution in [3.8, 4) is 0 Å². The van der Waals surface area contributed by atoms with Gasteiger partial charge >= 0.3 is 0 Å². The molecule has 1 amide bonds. The monoisotopic (exact) mass is 225 g/mol. The van der Waals surface area contributed by atoms with Crippen molar-refractivity contribution in [1.82, 2.24) is 25.0 Å². The first-order valence-electron chi connectivity index (χ1n) is 5.35. The summed E-state index contributed by atoms with van der Waals surface area (Å²) in [6, 6.07) is 0. The maximum Gasteiger partial charge on any atom is 0.222 e. The Hall–Kier alpha value is -1.43. The maximum atomic E-state index is 11.3. The van der Waals surface area contributed by atoms with E-state index in [9.17, 15) is 4.79 Å². The molecule has 1 aromatic heterocycles. The Bertz CT molecular complexity index is 334. The topological polar surface area (TPSA) is 63.1 Å². The van der Waals surface area contributed by atoms with Crippen molar-refractivity contribution < 1.29 is 4.79 Å². The molecular formula is C10H19N5O. The Kier molecular flexibility index (Phi) is 4.91. The lowest BCUT2D eigenvalue weighted by Crippen LogP contribution is -2.23. The Morgan fingerprint density at radius 2 is 2.31 bits per heavy atom. The molecule has 0 aliphatic carbocycles. The van der Waals surface area contributed by atoms with Gasteiger partial charge in [-0.3, -0.25) is 4.79 Å². The second kappa shape index (κ2) is 6.22. The summed E-state index contributed by atoms with van der Waals surface area (Å²) in [5.74, 6) is 1.07. The van der Waals surface area contributed by atoms with Crippen LogP contribution in [0.5, 0.6) is 0 Å². The van der Waals surface area contributed by atoms with Crippen LogP contribution in [0.15, 0.2) is 6.33 Å². The van der Waals surface area contributed by atoms with Crippen LogP contribution >= 0.6 is 0 Å². The van der Waals surface area contributed by atoms with E-state index >= 15 is 0 Å². The SMILES string of the molecule is CN(C)C(=O)CCCNCc1nncn1C. The van der Waals surface area contributed by atoms with Gasteiger partial charge in [-0.25, -0.2) is 0 Å². The van der Waals surface area contributed by atoms with Crippen molar-refractivity contribution in [3.63, 3.8) is 0 Å². The highest BCUT2D eigenvalue weighted by Gasteiger charge is 2.03. The van der Waals surface area contributed by atoms with Crippen molar-refractivity contribution in [2.45, 2.75) is 19.4 Å².